The topological polar surface area (TPSA) is 76.0 Å². The molecular weight excluding hydrogens is 248 g/mol. The van der Waals surface area contributed by atoms with Gasteiger partial charge in [-0.3, -0.25) is 0 Å². The molecule has 1 aliphatic carbocycles. The van der Waals surface area contributed by atoms with Crippen LogP contribution in [0, 0.1) is 0 Å². The number of carbonyl (C=O) groups excluding carboxylic acids is 1. The molecule has 5 nitrogen and oxygen atoms in total. The number of aliphatic hydroxyl groups excluding tert-OH is 1. The largest absolute Gasteiger partial charge is 0.507 e. The van der Waals surface area contributed by atoms with Crippen LogP contribution in [0.5, 0.6) is 11.5 Å². The quantitative estimate of drug-likeness (QED) is 0.817. The summed E-state index contributed by atoms with van der Waals surface area (Å²) in [5.41, 5.74) is 0.0820. The molecule has 19 heavy (non-hydrogen) atoms. The third-order valence-electron chi connectivity index (χ3n) is 3.35. The van der Waals surface area contributed by atoms with Gasteiger partial charge in [0.15, 0.2) is 0 Å². The molecule has 1 aromatic carbocycles. The molecule has 0 aromatic heterocycles. The smallest absolute Gasteiger partial charge is 0.342 e. The lowest BCUT2D eigenvalue weighted by molar-refractivity contribution is -0.0362. The van der Waals surface area contributed by atoms with E-state index in [-0.39, 0.29) is 11.3 Å². The van der Waals surface area contributed by atoms with Gasteiger partial charge in [0.05, 0.1) is 13.2 Å². The van der Waals surface area contributed by atoms with Crippen LogP contribution in [0.3, 0.4) is 0 Å². The zero-order valence-corrected chi connectivity index (χ0v) is 10.8. The molecule has 0 amide bonds. The van der Waals surface area contributed by atoms with E-state index in [0.717, 1.165) is 12.8 Å². The molecule has 2 rings (SSSR count). The van der Waals surface area contributed by atoms with Gasteiger partial charge in [0.25, 0.3) is 0 Å². The molecule has 0 aliphatic heterocycles. The van der Waals surface area contributed by atoms with E-state index in [1.54, 1.807) is 6.07 Å². The summed E-state index contributed by atoms with van der Waals surface area (Å²) < 4.78 is 10.2. The van der Waals surface area contributed by atoms with Crippen LogP contribution in [0.25, 0.3) is 0 Å². The lowest BCUT2D eigenvalue weighted by Crippen LogP contribution is -2.34. The predicted octanol–water partition coefficient (Wildman–Crippen LogP) is 1.86. The van der Waals surface area contributed by atoms with Gasteiger partial charge in [0, 0.05) is 6.07 Å². The van der Waals surface area contributed by atoms with Gasteiger partial charge in [-0.25, -0.2) is 4.79 Å². The summed E-state index contributed by atoms with van der Waals surface area (Å²) in [6.07, 6.45) is 2.09. The van der Waals surface area contributed by atoms with Crippen LogP contribution in [0.4, 0.5) is 0 Å². The molecule has 0 bridgehead atoms. The monoisotopic (exact) mass is 266 g/mol. The van der Waals surface area contributed by atoms with E-state index >= 15 is 0 Å². The second kappa shape index (κ2) is 5.93. The third-order valence-corrected chi connectivity index (χ3v) is 3.35. The lowest BCUT2D eigenvalue weighted by atomic mass is 9.95. The van der Waals surface area contributed by atoms with Gasteiger partial charge >= 0.3 is 5.97 Å². The van der Waals surface area contributed by atoms with Crippen molar-refractivity contribution in [3.8, 4) is 11.5 Å². The molecule has 2 atom stereocenters. The molecule has 0 heterocycles. The number of methoxy groups -OCH3 is 1. The number of hydrogen-bond donors (Lipinski definition) is 2. The van der Waals surface area contributed by atoms with Crippen molar-refractivity contribution in [3.63, 3.8) is 0 Å². The minimum Gasteiger partial charge on any atom is -0.507 e. The van der Waals surface area contributed by atoms with Crippen LogP contribution >= 0.6 is 0 Å². The number of aromatic hydroxyl groups is 1. The maximum absolute atomic E-state index is 11.9. The summed E-state index contributed by atoms with van der Waals surface area (Å²) >= 11 is 0. The Labute approximate surface area is 111 Å². The fraction of sp³-hybridized carbons (Fsp3) is 0.500. The van der Waals surface area contributed by atoms with Crippen molar-refractivity contribution >= 4 is 5.97 Å². The van der Waals surface area contributed by atoms with Crippen molar-refractivity contribution < 1.29 is 24.5 Å². The van der Waals surface area contributed by atoms with Gasteiger partial charge in [-0.2, -0.15) is 0 Å². The minimum absolute atomic E-state index is 0.0820. The summed E-state index contributed by atoms with van der Waals surface area (Å²) in [7, 11) is 1.48. The summed E-state index contributed by atoms with van der Waals surface area (Å²) in [5, 5.41) is 19.5. The molecule has 1 aliphatic rings. The van der Waals surface area contributed by atoms with Crippen LogP contribution in [0.15, 0.2) is 18.2 Å². The van der Waals surface area contributed by atoms with E-state index in [0.29, 0.717) is 18.6 Å². The first-order valence-electron chi connectivity index (χ1n) is 6.38. The highest BCUT2D eigenvalue weighted by Gasteiger charge is 2.27. The van der Waals surface area contributed by atoms with Gasteiger partial charge in [0.1, 0.15) is 23.2 Å². The molecule has 1 aromatic rings. The van der Waals surface area contributed by atoms with Crippen LogP contribution in [0.2, 0.25) is 0 Å². The molecule has 5 heteroatoms. The number of ether oxygens (including phenoxy) is 2. The van der Waals surface area contributed by atoms with E-state index in [1.165, 1.54) is 19.2 Å². The van der Waals surface area contributed by atoms with Crippen molar-refractivity contribution in [3.05, 3.63) is 23.8 Å². The number of rotatable bonds is 3. The van der Waals surface area contributed by atoms with E-state index < -0.39 is 18.2 Å². The molecule has 2 N–H and O–H groups in total. The van der Waals surface area contributed by atoms with E-state index in [9.17, 15) is 15.0 Å². The highest BCUT2D eigenvalue weighted by Crippen LogP contribution is 2.27. The van der Waals surface area contributed by atoms with Crippen molar-refractivity contribution in [1.29, 1.82) is 0 Å². The number of benzene rings is 1. The standard InChI is InChI=1S/C14H18O5/c1-18-9-6-7-10(12(16)8-9)14(17)19-13-5-3-2-4-11(13)15/h6-8,11,13,15-16H,2-5H2,1H3/t11-,13-/m0/s1. The van der Waals surface area contributed by atoms with Crippen molar-refractivity contribution in [1.82, 2.24) is 0 Å². The van der Waals surface area contributed by atoms with Crippen LogP contribution in [-0.2, 0) is 4.74 Å². The molecular formula is C14H18O5. The van der Waals surface area contributed by atoms with Gasteiger partial charge in [-0.05, 0) is 31.4 Å². The van der Waals surface area contributed by atoms with Crippen molar-refractivity contribution in [2.24, 2.45) is 0 Å². The first-order valence-corrected chi connectivity index (χ1v) is 6.38. The summed E-state index contributed by atoms with van der Waals surface area (Å²) in [5.74, 6) is -0.340. The lowest BCUT2D eigenvalue weighted by Gasteiger charge is -2.27. The van der Waals surface area contributed by atoms with Crippen LogP contribution in [0.1, 0.15) is 36.0 Å². The highest BCUT2D eigenvalue weighted by atomic mass is 16.6. The number of hydrogen-bond acceptors (Lipinski definition) is 5. The molecule has 0 saturated heterocycles. The summed E-state index contributed by atoms with van der Waals surface area (Å²) in [4.78, 5) is 11.9. The van der Waals surface area contributed by atoms with Crippen molar-refractivity contribution in [2.45, 2.75) is 37.9 Å². The third kappa shape index (κ3) is 3.17. The average molecular weight is 266 g/mol. The van der Waals surface area contributed by atoms with Gasteiger partial charge in [-0.1, -0.05) is 6.42 Å². The number of phenolic OH excluding ortho intramolecular Hbond substituents is 1. The Morgan fingerprint density at radius 3 is 2.68 bits per heavy atom. The second-order valence-corrected chi connectivity index (χ2v) is 4.68. The van der Waals surface area contributed by atoms with Crippen LogP contribution < -0.4 is 4.74 Å². The van der Waals surface area contributed by atoms with Gasteiger partial charge in [0.2, 0.25) is 0 Å². The summed E-state index contributed by atoms with van der Waals surface area (Å²) in [6.45, 7) is 0. The molecule has 104 valence electrons. The Bertz CT molecular complexity index is 457. The maximum Gasteiger partial charge on any atom is 0.342 e. The molecule has 1 fully saturated rings. The SMILES string of the molecule is COc1ccc(C(=O)O[C@H]2CCCC[C@@H]2O)c(O)c1. The van der Waals surface area contributed by atoms with Crippen molar-refractivity contribution in [2.75, 3.05) is 7.11 Å². The van der Waals surface area contributed by atoms with E-state index in [1.807, 2.05) is 0 Å². The van der Waals surface area contributed by atoms with Gasteiger partial charge in [-0.15, -0.1) is 0 Å². The highest BCUT2D eigenvalue weighted by molar-refractivity contribution is 5.92. The Morgan fingerprint density at radius 1 is 1.32 bits per heavy atom. The number of carbonyl (C=O) groups is 1. The summed E-state index contributed by atoms with van der Waals surface area (Å²) in [6, 6.07) is 4.38. The Hall–Kier alpha value is -1.75. The fourth-order valence-electron chi connectivity index (χ4n) is 2.23. The van der Waals surface area contributed by atoms with Crippen LogP contribution in [-0.4, -0.2) is 35.5 Å². The fourth-order valence-corrected chi connectivity index (χ4v) is 2.23. The Morgan fingerprint density at radius 2 is 2.05 bits per heavy atom. The molecule has 0 unspecified atom stereocenters. The Balaban J connectivity index is 2.07. The minimum atomic E-state index is -0.619. The van der Waals surface area contributed by atoms with E-state index in [4.69, 9.17) is 9.47 Å². The number of esters is 1. The average Bonchev–Trinajstić information content (AvgIpc) is 2.41. The predicted molar refractivity (Wildman–Crippen MR) is 68.3 cm³/mol. The first kappa shape index (κ1) is 13.7. The van der Waals surface area contributed by atoms with E-state index in [2.05, 4.69) is 0 Å². The normalized spacial score (nSPS) is 22.8. The second-order valence-electron chi connectivity index (χ2n) is 4.68. The number of phenols is 1. The van der Waals surface area contributed by atoms with Gasteiger partial charge < -0.3 is 19.7 Å². The molecule has 0 radical (unpaired) electrons. The Kier molecular flexibility index (Phi) is 4.27. The first-order chi connectivity index (χ1) is 9.11. The zero-order valence-electron chi connectivity index (χ0n) is 10.8. The molecule has 0 spiro atoms. The zero-order chi connectivity index (χ0) is 13.8. The molecule has 1 saturated carbocycles. The maximum atomic E-state index is 11.9. The number of aliphatic hydroxyl groups is 1.